The van der Waals surface area contributed by atoms with Crippen LogP contribution in [0.15, 0.2) is 18.2 Å². The molecule has 1 aromatic rings. The fourth-order valence-corrected chi connectivity index (χ4v) is 1.04. The average molecular weight is 219 g/mol. The Morgan fingerprint density at radius 2 is 2.29 bits per heavy atom. The summed E-state index contributed by atoms with van der Waals surface area (Å²) in [4.78, 5) is 0. The summed E-state index contributed by atoms with van der Waals surface area (Å²) >= 11 is 5.37. The second-order valence-corrected chi connectivity index (χ2v) is 3.36. The second-order valence-electron chi connectivity index (χ2n) is 3.05. The summed E-state index contributed by atoms with van der Waals surface area (Å²) in [5, 5.41) is 9.10. The van der Waals surface area contributed by atoms with Crippen LogP contribution >= 0.6 is 11.6 Å². The van der Waals surface area contributed by atoms with Gasteiger partial charge in [-0.1, -0.05) is 6.07 Å². The van der Waals surface area contributed by atoms with Crippen molar-refractivity contribution in [2.75, 3.05) is 12.5 Å². The minimum absolute atomic E-state index is 0.00384. The fraction of sp³-hybridized carbons (Fsp3) is 0.400. The number of rotatable bonds is 4. The van der Waals surface area contributed by atoms with Crippen molar-refractivity contribution in [3.63, 3.8) is 0 Å². The number of aliphatic hydroxyl groups is 1. The molecular weight excluding hydrogens is 207 g/mol. The molecule has 0 aliphatic carbocycles. The minimum Gasteiger partial charge on any atom is -0.488 e. The second kappa shape index (κ2) is 5.17. The molecule has 1 atom stereocenters. The highest BCUT2D eigenvalue weighted by atomic mass is 35.5. The number of benzene rings is 1. The Labute approximate surface area is 87.3 Å². The normalized spacial score (nSPS) is 12.6. The van der Waals surface area contributed by atoms with Gasteiger partial charge in [0.15, 0.2) is 11.6 Å². The lowest BCUT2D eigenvalue weighted by Crippen LogP contribution is -2.19. The molecule has 2 nitrogen and oxygen atoms in total. The van der Waals surface area contributed by atoms with Gasteiger partial charge in [-0.05, 0) is 24.6 Å². The molecule has 0 saturated heterocycles. The first-order valence-electron chi connectivity index (χ1n) is 4.26. The lowest BCUT2D eigenvalue weighted by Gasteiger charge is -2.10. The maximum atomic E-state index is 13.1. The molecule has 0 fully saturated rings. The first-order valence-corrected chi connectivity index (χ1v) is 4.80. The van der Waals surface area contributed by atoms with E-state index in [-0.39, 0.29) is 18.2 Å². The molecule has 0 heterocycles. The summed E-state index contributed by atoms with van der Waals surface area (Å²) in [6.07, 6.45) is -0.767. The highest BCUT2D eigenvalue weighted by Crippen LogP contribution is 2.18. The van der Waals surface area contributed by atoms with Gasteiger partial charge < -0.3 is 9.84 Å². The summed E-state index contributed by atoms with van der Waals surface area (Å²) in [5.74, 6) is -0.209. The van der Waals surface area contributed by atoms with E-state index in [0.717, 1.165) is 5.56 Å². The Balaban J connectivity index is 2.62. The van der Waals surface area contributed by atoms with Crippen LogP contribution in [0.5, 0.6) is 5.75 Å². The smallest absolute Gasteiger partial charge is 0.165 e. The molecule has 0 aliphatic heterocycles. The maximum absolute atomic E-state index is 13.1. The van der Waals surface area contributed by atoms with Crippen LogP contribution < -0.4 is 4.74 Å². The molecule has 1 aromatic carbocycles. The van der Waals surface area contributed by atoms with Crippen molar-refractivity contribution >= 4 is 11.6 Å². The third-order valence-corrected chi connectivity index (χ3v) is 2.05. The number of aliphatic hydroxyl groups excluding tert-OH is 1. The minimum atomic E-state index is -0.767. The van der Waals surface area contributed by atoms with Gasteiger partial charge in [-0.15, -0.1) is 11.6 Å². The van der Waals surface area contributed by atoms with Gasteiger partial charge >= 0.3 is 0 Å². The van der Waals surface area contributed by atoms with Crippen LogP contribution in [0, 0.1) is 12.7 Å². The molecule has 14 heavy (non-hydrogen) atoms. The molecule has 4 heteroatoms. The van der Waals surface area contributed by atoms with E-state index in [9.17, 15) is 4.39 Å². The first kappa shape index (κ1) is 11.3. The van der Waals surface area contributed by atoms with E-state index in [2.05, 4.69) is 0 Å². The first-order chi connectivity index (χ1) is 6.63. The van der Waals surface area contributed by atoms with Crippen LogP contribution in [0.2, 0.25) is 0 Å². The Morgan fingerprint density at radius 1 is 1.57 bits per heavy atom. The van der Waals surface area contributed by atoms with Crippen molar-refractivity contribution in [2.24, 2.45) is 0 Å². The molecule has 0 amide bonds. The Morgan fingerprint density at radius 3 is 2.93 bits per heavy atom. The third kappa shape index (κ3) is 3.16. The average Bonchev–Trinajstić information content (AvgIpc) is 2.19. The van der Waals surface area contributed by atoms with Gasteiger partial charge in [0.25, 0.3) is 0 Å². The van der Waals surface area contributed by atoms with Crippen molar-refractivity contribution in [2.45, 2.75) is 13.0 Å². The quantitative estimate of drug-likeness (QED) is 0.785. The summed E-state index contributed by atoms with van der Waals surface area (Å²) in [6, 6.07) is 4.56. The van der Waals surface area contributed by atoms with E-state index in [0.29, 0.717) is 0 Å². The number of ether oxygens (including phenoxy) is 1. The highest BCUT2D eigenvalue weighted by Gasteiger charge is 2.06. The molecule has 1 N–H and O–H groups in total. The summed E-state index contributed by atoms with van der Waals surface area (Å²) in [6.45, 7) is 1.84. The lowest BCUT2D eigenvalue weighted by atomic mass is 10.2. The molecule has 1 unspecified atom stereocenters. The van der Waals surface area contributed by atoms with Gasteiger partial charge in [-0.2, -0.15) is 0 Å². The third-order valence-electron chi connectivity index (χ3n) is 1.70. The Kier molecular flexibility index (Phi) is 4.17. The van der Waals surface area contributed by atoms with Crippen LogP contribution in [0.25, 0.3) is 0 Å². The van der Waals surface area contributed by atoms with Gasteiger partial charge in [-0.3, -0.25) is 0 Å². The van der Waals surface area contributed by atoms with Crippen LogP contribution in [-0.4, -0.2) is 23.7 Å². The Hall–Kier alpha value is -0.800. The number of hydrogen-bond donors (Lipinski definition) is 1. The number of alkyl halides is 1. The van der Waals surface area contributed by atoms with Crippen molar-refractivity contribution < 1.29 is 14.2 Å². The highest BCUT2D eigenvalue weighted by molar-refractivity contribution is 6.18. The van der Waals surface area contributed by atoms with Crippen LogP contribution in [0.4, 0.5) is 4.39 Å². The van der Waals surface area contributed by atoms with Crippen molar-refractivity contribution in [1.82, 2.24) is 0 Å². The van der Waals surface area contributed by atoms with Crippen LogP contribution in [0.3, 0.4) is 0 Å². The molecule has 0 saturated carbocycles. The zero-order valence-electron chi connectivity index (χ0n) is 7.84. The zero-order chi connectivity index (χ0) is 10.6. The lowest BCUT2D eigenvalue weighted by molar-refractivity contribution is 0.122. The van der Waals surface area contributed by atoms with Gasteiger partial charge in [0.2, 0.25) is 0 Å². The summed E-state index contributed by atoms with van der Waals surface area (Å²) in [5.41, 5.74) is 0.904. The van der Waals surface area contributed by atoms with Crippen molar-refractivity contribution in [3.05, 3.63) is 29.6 Å². The molecule has 78 valence electrons. The van der Waals surface area contributed by atoms with E-state index in [1.54, 1.807) is 12.1 Å². The van der Waals surface area contributed by atoms with Crippen LogP contribution in [-0.2, 0) is 0 Å². The van der Waals surface area contributed by atoms with E-state index in [1.807, 2.05) is 6.92 Å². The molecule has 1 rings (SSSR count). The van der Waals surface area contributed by atoms with E-state index >= 15 is 0 Å². The SMILES string of the molecule is Cc1ccc(F)c(OCC(O)CCl)c1. The maximum Gasteiger partial charge on any atom is 0.165 e. The predicted molar refractivity (Wildman–Crippen MR) is 53.4 cm³/mol. The molecule has 0 aliphatic rings. The number of aryl methyl sites for hydroxylation is 1. The van der Waals surface area contributed by atoms with Gasteiger partial charge in [0, 0.05) is 0 Å². The number of halogens is 2. The Bertz CT molecular complexity index is 304. The zero-order valence-corrected chi connectivity index (χ0v) is 8.59. The van der Waals surface area contributed by atoms with E-state index in [4.69, 9.17) is 21.4 Å². The van der Waals surface area contributed by atoms with Crippen molar-refractivity contribution in [3.8, 4) is 5.75 Å². The summed E-state index contributed by atoms with van der Waals surface area (Å²) in [7, 11) is 0. The molecule has 0 bridgehead atoms. The summed E-state index contributed by atoms with van der Waals surface area (Å²) < 4.78 is 18.1. The van der Waals surface area contributed by atoms with Gasteiger partial charge in [-0.25, -0.2) is 4.39 Å². The monoisotopic (exact) mass is 218 g/mol. The standard InChI is InChI=1S/C10H12ClFO2/c1-7-2-3-9(12)10(4-7)14-6-8(13)5-11/h2-4,8,13H,5-6H2,1H3. The van der Waals surface area contributed by atoms with E-state index < -0.39 is 11.9 Å². The van der Waals surface area contributed by atoms with Crippen LogP contribution in [0.1, 0.15) is 5.56 Å². The molecular formula is C10H12ClFO2. The van der Waals surface area contributed by atoms with Gasteiger partial charge in [0.1, 0.15) is 12.7 Å². The molecule has 0 spiro atoms. The predicted octanol–water partition coefficient (Wildman–Crippen LogP) is 2.11. The fourth-order valence-electron chi connectivity index (χ4n) is 0.952. The number of hydrogen-bond acceptors (Lipinski definition) is 2. The molecule has 0 aromatic heterocycles. The van der Waals surface area contributed by atoms with Gasteiger partial charge in [0.05, 0.1) is 5.88 Å². The van der Waals surface area contributed by atoms with E-state index in [1.165, 1.54) is 6.07 Å². The van der Waals surface area contributed by atoms with Crippen molar-refractivity contribution in [1.29, 1.82) is 0 Å². The largest absolute Gasteiger partial charge is 0.488 e. The topological polar surface area (TPSA) is 29.5 Å². The molecule has 0 radical (unpaired) electrons.